The highest BCUT2D eigenvalue weighted by Crippen LogP contribution is 2.41. The molecule has 0 saturated carbocycles. The highest BCUT2D eigenvalue weighted by molar-refractivity contribution is 6.08. The summed E-state index contributed by atoms with van der Waals surface area (Å²) in [6.45, 7) is 2.74. The Hall–Kier alpha value is -3.24. The molecular formula is C26H27FN4O2. The predicted octanol–water partition coefficient (Wildman–Crippen LogP) is 3.47. The maximum absolute atomic E-state index is 13.6. The van der Waals surface area contributed by atoms with E-state index in [1.54, 1.807) is 6.07 Å². The molecule has 1 unspecified atom stereocenters. The van der Waals surface area contributed by atoms with Gasteiger partial charge in [-0.15, -0.1) is 0 Å². The summed E-state index contributed by atoms with van der Waals surface area (Å²) in [6, 6.07) is 16.6. The van der Waals surface area contributed by atoms with E-state index in [0.717, 1.165) is 49.2 Å². The van der Waals surface area contributed by atoms with Gasteiger partial charge in [-0.2, -0.15) is 5.26 Å². The van der Waals surface area contributed by atoms with Crippen LogP contribution < -0.4 is 5.32 Å². The van der Waals surface area contributed by atoms with Crippen LogP contribution in [-0.2, 0) is 22.2 Å². The summed E-state index contributed by atoms with van der Waals surface area (Å²) >= 11 is 0. The van der Waals surface area contributed by atoms with Crippen LogP contribution in [0, 0.1) is 17.1 Å². The molecule has 0 radical (unpaired) electrons. The number of likely N-dealkylation sites (tertiary alicyclic amines) is 1. The number of halogens is 1. The van der Waals surface area contributed by atoms with Gasteiger partial charge in [-0.25, -0.2) is 9.18 Å². The van der Waals surface area contributed by atoms with Crippen molar-refractivity contribution in [1.29, 1.82) is 5.26 Å². The second-order valence-corrected chi connectivity index (χ2v) is 9.35. The first-order valence-electron chi connectivity index (χ1n) is 11.6. The third-order valence-corrected chi connectivity index (χ3v) is 7.58. The number of imide groups is 1. The Bertz CT molecular complexity index is 1120. The fraction of sp³-hybridized carbons (Fsp3) is 0.423. The molecule has 2 fully saturated rings. The number of nitrogens with one attached hydrogen (secondary N) is 1. The molecule has 1 atom stereocenters. The van der Waals surface area contributed by atoms with E-state index in [4.69, 9.17) is 0 Å². The van der Waals surface area contributed by atoms with Gasteiger partial charge in [0.2, 0.25) is 0 Å². The first-order valence-corrected chi connectivity index (χ1v) is 11.6. The van der Waals surface area contributed by atoms with Crippen LogP contribution in [0.4, 0.5) is 9.18 Å². The zero-order valence-electron chi connectivity index (χ0n) is 18.5. The molecular weight excluding hydrogens is 419 g/mol. The molecule has 33 heavy (non-hydrogen) atoms. The van der Waals surface area contributed by atoms with Crippen molar-refractivity contribution in [2.75, 3.05) is 26.2 Å². The minimum atomic E-state index is -1.05. The van der Waals surface area contributed by atoms with Crippen molar-refractivity contribution < 1.29 is 14.0 Å². The largest absolute Gasteiger partial charge is 0.325 e. The first kappa shape index (κ1) is 21.6. The van der Waals surface area contributed by atoms with Crippen molar-refractivity contribution in [1.82, 2.24) is 15.1 Å². The maximum Gasteiger partial charge on any atom is 0.325 e. The molecule has 5 rings (SSSR count). The van der Waals surface area contributed by atoms with Crippen LogP contribution in [0.3, 0.4) is 0 Å². The van der Waals surface area contributed by atoms with Crippen molar-refractivity contribution in [3.05, 3.63) is 71.0 Å². The lowest BCUT2D eigenvalue weighted by molar-refractivity contribution is -0.131. The van der Waals surface area contributed by atoms with Crippen LogP contribution in [-0.4, -0.2) is 47.9 Å². The number of hydrogen-bond donors (Lipinski definition) is 1. The Balaban J connectivity index is 1.18. The van der Waals surface area contributed by atoms with E-state index >= 15 is 0 Å². The molecule has 1 aliphatic carbocycles. The van der Waals surface area contributed by atoms with Crippen LogP contribution in [0.15, 0.2) is 48.5 Å². The number of nitrogens with zero attached hydrogens (tertiary/aromatic N) is 3. The summed E-state index contributed by atoms with van der Waals surface area (Å²) in [7, 11) is 0. The summed E-state index contributed by atoms with van der Waals surface area (Å²) < 4.78 is 13.6. The van der Waals surface area contributed by atoms with Gasteiger partial charge in [0.25, 0.3) is 5.91 Å². The van der Waals surface area contributed by atoms with E-state index < -0.39 is 11.0 Å². The molecule has 1 N–H and O–H groups in total. The second-order valence-electron chi connectivity index (χ2n) is 9.35. The van der Waals surface area contributed by atoms with Gasteiger partial charge < -0.3 is 10.2 Å². The number of carbonyl (C=O) groups excluding carboxylic acids is 2. The number of amides is 3. The minimum Gasteiger partial charge on any atom is -0.319 e. The number of piperidine rings is 1. The van der Waals surface area contributed by atoms with Crippen molar-refractivity contribution in [3.63, 3.8) is 0 Å². The Morgan fingerprint density at radius 1 is 1.03 bits per heavy atom. The van der Waals surface area contributed by atoms with Gasteiger partial charge in [-0.1, -0.05) is 36.4 Å². The summed E-state index contributed by atoms with van der Waals surface area (Å²) in [5.41, 5.74) is 1.10. The fourth-order valence-electron chi connectivity index (χ4n) is 5.66. The molecule has 2 aliphatic heterocycles. The summed E-state index contributed by atoms with van der Waals surface area (Å²) in [5.74, 6) is -0.558. The third kappa shape index (κ3) is 3.59. The molecule has 2 aromatic rings. The number of benzene rings is 2. The van der Waals surface area contributed by atoms with Crippen molar-refractivity contribution in [2.24, 2.45) is 0 Å². The number of hydrogen-bond acceptors (Lipinski definition) is 4. The number of carbonyl (C=O) groups is 2. The molecule has 3 amide bonds. The van der Waals surface area contributed by atoms with Gasteiger partial charge in [0, 0.05) is 6.54 Å². The van der Waals surface area contributed by atoms with Gasteiger partial charge >= 0.3 is 6.03 Å². The number of nitriles is 1. The molecule has 6 nitrogen and oxygen atoms in total. The van der Waals surface area contributed by atoms with Crippen LogP contribution in [0.2, 0.25) is 0 Å². The second kappa shape index (κ2) is 8.27. The van der Waals surface area contributed by atoms with Crippen LogP contribution in [0.5, 0.6) is 0 Å². The average molecular weight is 447 g/mol. The molecule has 0 bridgehead atoms. The number of rotatable bonds is 5. The Labute approximate surface area is 193 Å². The van der Waals surface area contributed by atoms with Gasteiger partial charge in [0.15, 0.2) is 0 Å². The highest BCUT2D eigenvalue weighted by atomic mass is 19.1. The normalized spacial score (nSPS) is 24.1. The van der Waals surface area contributed by atoms with Gasteiger partial charge in [0.1, 0.15) is 11.4 Å². The zero-order chi connectivity index (χ0) is 23.1. The quantitative estimate of drug-likeness (QED) is 0.714. The van der Waals surface area contributed by atoms with Crippen molar-refractivity contribution in [3.8, 4) is 6.07 Å². The highest BCUT2D eigenvalue weighted by Gasteiger charge is 2.55. The predicted molar refractivity (Wildman–Crippen MR) is 121 cm³/mol. The number of aryl methyl sites for hydroxylation is 1. The van der Waals surface area contributed by atoms with Crippen molar-refractivity contribution >= 4 is 11.9 Å². The molecule has 1 spiro atoms. The Morgan fingerprint density at radius 2 is 1.79 bits per heavy atom. The molecule has 0 aromatic heterocycles. The van der Waals surface area contributed by atoms with Crippen LogP contribution in [0.25, 0.3) is 0 Å². The van der Waals surface area contributed by atoms with Gasteiger partial charge in [0.05, 0.1) is 11.5 Å². The monoisotopic (exact) mass is 446 g/mol. The van der Waals surface area contributed by atoms with E-state index in [9.17, 15) is 19.2 Å². The summed E-state index contributed by atoms with van der Waals surface area (Å²) in [6.07, 6.45) is 3.26. The first-order chi connectivity index (χ1) is 16.0. The standard InChI is InChI=1S/C26H27FN4O2/c27-21-7-8-22-19(17-21)9-10-26(22)23(32)31(24(33)29-26)14-4-13-30-15-11-25(18-28,12-16-30)20-5-2-1-3-6-20/h1-3,5-8,17H,4,9-16H2,(H,29,33). The van der Waals surface area contributed by atoms with Crippen LogP contribution >= 0.6 is 0 Å². The van der Waals surface area contributed by atoms with E-state index in [1.807, 2.05) is 30.3 Å². The smallest absolute Gasteiger partial charge is 0.319 e. The topological polar surface area (TPSA) is 76.4 Å². The Kier molecular flexibility index (Phi) is 5.41. The van der Waals surface area contributed by atoms with Gasteiger partial charge in [-0.05, 0) is 80.6 Å². The Morgan fingerprint density at radius 3 is 2.52 bits per heavy atom. The summed E-state index contributed by atoms with van der Waals surface area (Å²) in [4.78, 5) is 29.5. The molecule has 2 aromatic carbocycles. The van der Waals surface area contributed by atoms with Gasteiger partial charge in [-0.3, -0.25) is 9.69 Å². The number of fused-ring (bicyclic) bond motifs is 2. The van der Waals surface area contributed by atoms with E-state index in [0.29, 0.717) is 25.8 Å². The average Bonchev–Trinajstić information content (AvgIpc) is 3.31. The fourth-order valence-corrected chi connectivity index (χ4v) is 5.66. The number of urea groups is 1. The lowest BCUT2D eigenvalue weighted by Crippen LogP contribution is -2.43. The van der Waals surface area contributed by atoms with E-state index in [-0.39, 0.29) is 17.8 Å². The molecule has 3 aliphatic rings. The lowest BCUT2D eigenvalue weighted by Gasteiger charge is -2.37. The zero-order valence-corrected chi connectivity index (χ0v) is 18.5. The molecule has 7 heteroatoms. The van der Waals surface area contributed by atoms with Crippen molar-refractivity contribution in [2.45, 2.75) is 43.1 Å². The molecule has 170 valence electrons. The van der Waals surface area contributed by atoms with Crippen LogP contribution in [0.1, 0.15) is 42.4 Å². The maximum atomic E-state index is 13.6. The SMILES string of the molecule is N#CC1(c2ccccc2)CCN(CCCN2C(=O)NC3(CCc4cc(F)ccc43)C2=O)CC1. The third-order valence-electron chi connectivity index (χ3n) is 7.58. The van der Waals surface area contributed by atoms with E-state index in [1.165, 1.54) is 17.0 Å². The van der Waals surface area contributed by atoms with E-state index in [2.05, 4.69) is 16.3 Å². The summed E-state index contributed by atoms with van der Waals surface area (Å²) in [5, 5.41) is 12.8. The molecule has 2 heterocycles. The minimum absolute atomic E-state index is 0.232. The molecule has 2 saturated heterocycles. The lowest BCUT2D eigenvalue weighted by atomic mass is 9.74.